The van der Waals surface area contributed by atoms with Crippen molar-refractivity contribution < 1.29 is 13.9 Å². The maximum atomic E-state index is 12.3. The van der Waals surface area contributed by atoms with Crippen LogP contribution in [0.25, 0.3) is 22.9 Å². The highest BCUT2D eigenvalue weighted by Crippen LogP contribution is 2.25. The van der Waals surface area contributed by atoms with Crippen molar-refractivity contribution in [3.8, 4) is 28.7 Å². The molecule has 3 aromatic carbocycles. The molecule has 4 rings (SSSR count). The number of benzene rings is 3. The van der Waals surface area contributed by atoms with E-state index in [-0.39, 0.29) is 12.5 Å². The van der Waals surface area contributed by atoms with Gasteiger partial charge in [-0.25, -0.2) is 0 Å². The molecule has 1 heterocycles. The van der Waals surface area contributed by atoms with E-state index >= 15 is 0 Å². The number of carbonyl (C=O) groups excluding carboxylic acids is 1. The summed E-state index contributed by atoms with van der Waals surface area (Å²) in [5, 5.41) is 11.1. The van der Waals surface area contributed by atoms with E-state index in [4.69, 9.17) is 9.15 Å². The van der Waals surface area contributed by atoms with Gasteiger partial charge in [-0.15, -0.1) is 10.2 Å². The van der Waals surface area contributed by atoms with E-state index in [1.165, 1.54) is 5.56 Å². The first-order valence-corrected chi connectivity index (χ1v) is 9.58. The zero-order valence-corrected chi connectivity index (χ0v) is 16.8. The van der Waals surface area contributed by atoms with Crippen molar-refractivity contribution in [2.75, 3.05) is 11.9 Å². The topological polar surface area (TPSA) is 77.2 Å². The number of nitrogens with one attached hydrogen (secondary N) is 1. The zero-order valence-electron chi connectivity index (χ0n) is 16.8. The van der Waals surface area contributed by atoms with Gasteiger partial charge in [0.05, 0.1) is 0 Å². The highest BCUT2D eigenvalue weighted by atomic mass is 16.5. The second-order valence-corrected chi connectivity index (χ2v) is 6.94. The Bertz CT molecular complexity index is 1170. The molecular weight excluding hydrogens is 378 g/mol. The Morgan fingerprint density at radius 2 is 1.60 bits per heavy atom. The van der Waals surface area contributed by atoms with Crippen molar-refractivity contribution in [1.82, 2.24) is 10.2 Å². The predicted molar refractivity (Wildman–Crippen MR) is 115 cm³/mol. The standard InChI is InChI=1S/C24H21N3O3/c1-16-11-12-21(13-17(16)2)29-15-22(28)25-20-10-6-9-19(14-20)24-27-26-23(30-24)18-7-4-3-5-8-18/h3-14H,15H2,1-2H3,(H,25,28). The molecule has 1 amide bonds. The van der Waals surface area contributed by atoms with Crippen molar-refractivity contribution in [1.29, 1.82) is 0 Å². The highest BCUT2D eigenvalue weighted by molar-refractivity contribution is 5.92. The van der Waals surface area contributed by atoms with Gasteiger partial charge in [-0.1, -0.05) is 30.3 Å². The fraction of sp³-hybridized carbons (Fsp3) is 0.125. The molecule has 0 aliphatic rings. The van der Waals surface area contributed by atoms with Gasteiger partial charge in [0, 0.05) is 16.8 Å². The van der Waals surface area contributed by atoms with Crippen LogP contribution in [0.1, 0.15) is 11.1 Å². The van der Waals surface area contributed by atoms with E-state index in [0.717, 1.165) is 16.7 Å². The van der Waals surface area contributed by atoms with Gasteiger partial charge < -0.3 is 14.5 Å². The molecule has 6 heteroatoms. The summed E-state index contributed by atoms with van der Waals surface area (Å²) in [5.74, 6) is 1.25. The molecule has 0 atom stereocenters. The predicted octanol–water partition coefficient (Wildman–Crippen LogP) is 5.04. The van der Waals surface area contributed by atoms with Crippen molar-refractivity contribution >= 4 is 11.6 Å². The third kappa shape index (κ3) is 4.55. The van der Waals surface area contributed by atoms with Gasteiger partial charge >= 0.3 is 0 Å². The number of hydrogen-bond acceptors (Lipinski definition) is 5. The summed E-state index contributed by atoms with van der Waals surface area (Å²) in [6.07, 6.45) is 0. The van der Waals surface area contributed by atoms with Crippen molar-refractivity contribution in [2.45, 2.75) is 13.8 Å². The van der Waals surface area contributed by atoms with Crippen molar-refractivity contribution in [2.24, 2.45) is 0 Å². The van der Waals surface area contributed by atoms with Crippen LogP contribution in [-0.4, -0.2) is 22.7 Å². The molecule has 0 spiro atoms. The van der Waals surface area contributed by atoms with Crippen LogP contribution in [0.2, 0.25) is 0 Å². The third-order valence-corrected chi connectivity index (χ3v) is 4.69. The summed E-state index contributed by atoms with van der Waals surface area (Å²) < 4.78 is 11.4. The minimum Gasteiger partial charge on any atom is -0.484 e. The Morgan fingerprint density at radius 3 is 2.37 bits per heavy atom. The molecule has 0 aliphatic heterocycles. The molecule has 0 aliphatic carbocycles. The number of anilines is 1. The molecule has 1 N–H and O–H groups in total. The fourth-order valence-corrected chi connectivity index (χ4v) is 2.92. The van der Waals surface area contributed by atoms with E-state index in [1.54, 1.807) is 12.1 Å². The minimum absolute atomic E-state index is 0.0779. The van der Waals surface area contributed by atoms with Crippen LogP contribution in [0.4, 0.5) is 5.69 Å². The minimum atomic E-state index is -0.249. The van der Waals surface area contributed by atoms with E-state index in [2.05, 4.69) is 15.5 Å². The summed E-state index contributed by atoms with van der Waals surface area (Å²) in [7, 11) is 0. The smallest absolute Gasteiger partial charge is 0.262 e. The molecule has 0 saturated heterocycles. The first-order chi connectivity index (χ1) is 14.6. The number of aryl methyl sites for hydroxylation is 2. The Balaban J connectivity index is 1.41. The molecule has 4 aromatic rings. The molecule has 30 heavy (non-hydrogen) atoms. The summed E-state index contributed by atoms with van der Waals surface area (Å²) >= 11 is 0. The van der Waals surface area contributed by atoms with Crippen LogP contribution in [0, 0.1) is 13.8 Å². The lowest BCUT2D eigenvalue weighted by Gasteiger charge is -2.09. The average Bonchev–Trinajstić information content (AvgIpc) is 3.26. The quantitative estimate of drug-likeness (QED) is 0.492. The van der Waals surface area contributed by atoms with E-state index in [1.807, 2.05) is 74.5 Å². The van der Waals surface area contributed by atoms with Crippen LogP contribution in [-0.2, 0) is 4.79 Å². The van der Waals surface area contributed by atoms with Gasteiger partial charge in [-0.05, 0) is 67.4 Å². The van der Waals surface area contributed by atoms with Gasteiger partial charge in [-0.2, -0.15) is 0 Å². The lowest BCUT2D eigenvalue weighted by Crippen LogP contribution is -2.20. The van der Waals surface area contributed by atoms with Crippen LogP contribution < -0.4 is 10.1 Å². The lowest BCUT2D eigenvalue weighted by molar-refractivity contribution is -0.118. The molecular formula is C24H21N3O3. The second kappa shape index (κ2) is 8.61. The molecule has 1 aromatic heterocycles. The van der Waals surface area contributed by atoms with Gasteiger partial charge in [-0.3, -0.25) is 4.79 Å². The van der Waals surface area contributed by atoms with Gasteiger partial charge in [0.15, 0.2) is 6.61 Å². The summed E-state index contributed by atoms with van der Waals surface area (Å²) in [6, 6.07) is 22.6. The first-order valence-electron chi connectivity index (χ1n) is 9.58. The van der Waals surface area contributed by atoms with Crippen molar-refractivity contribution in [3.05, 3.63) is 83.9 Å². The van der Waals surface area contributed by atoms with Gasteiger partial charge in [0.2, 0.25) is 11.8 Å². The van der Waals surface area contributed by atoms with Crippen LogP contribution in [0.5, 0.6) is 5.75 Å². The normalized spacial score (nSPS) is 10.6. The third-order valence-electron chi connectivity index (χ3n) is 4.69. The molecule has 0 radical (unpaired) electrons. The Hall–Kier alpha value is -3.93. The van der Waals surface area contributed by atoms with Crippen molar-refractivity contribution in [3.63, 3.8) is 0 Å². The SMILES string of the molecule is Cc1ccc(OCC(=O)Nc2cccc(-c3nnc(-c4ccccc4)o3)c2)cc1C. The number of aromatic nitrogens is 2. The van der Waals surface area contributed by atoms with E-state index < -0.39 is 0 Å². The van der Waals surface area contributed by atoms with Crippen LogP contribution >= 0.6 is 0 Å². The van der Waals surface area contributed by atoms with Crippen LogP contribution in [0.3, 0.4) is 0 Å². The lowest BCUT2D eigenvalue weighted by atomic mass is 10.1. The number of nitrogens with zero attached hydrogens (tertiary/aromatic N) is 2. The molecule has 0 fully saturated rings. The largest absolute Gasteiger partial charge is 0.484 e. The highest BCUT2D eigenvalue weighted by Gasteiger charge is 2.11. The first kappa shape index (κ1) is 19.4. The number of amides is 1. The molecule has 6 nitrogen and oxygen atoms in total. The number of ether oxygens (including phenoxy) is 1. The average molecular weight is 399 g/mol. The number of carbonyl (C=O) groups is 1. The zero-order chi connectivity index (χ0) is 20.9. The molecule has 150 valence electrons. The van der Waals surface area contributed by atoms with E-state index in [0.29, 0.717) is 23.2 Å². The molecule has 0 saturated carbocycles. The maximum absolute atomic E-state index is 12.3. The van der Waals surface area contributed by atoms with Gasteiger partial charge in [0.1, 0.15) is 5.75 Å². The summed E-state index contributed by atoms with van der Waals surface area (Å²) in [6.45, 7) is 3.96. The number of rotatable bonds is 6. The Kier molecular flexibility index (Phi) is 5.57. The van der Waals surface area contributed by atoms with Gasteiger partial charge in [0.25, 0.3) is 5.91 Å². The van der Waals surface area contributed by atoms with Crippen LogP contribution in [0.15, 0.2) is 77.2 Å². The Morgan fingerprint density at radius 1 is 0.867 bits per heavy atom. The monoisotopic (exact) mass is 399 g/mol. The second-order valence-electron chi connectivity index (χ2n) is 6.94. The summed E-state index contributed by atoms with van der Waals surface area (Å²) in [4.78, 5) is 12.3. The molecule has 0 bridgehead atoms. The summed E-state index contributed by atoms with van der Waals surface area (Å²) in [5.41, 5.74) is 4.50. The maximum Gasteiger partial charge on any atom is 0.262 e. The molecule has 0 unspecified atom stereocenters. The number of hydrogen-bond donors (Lipinski definition) is 1. The Labute approximate surface area is 174 Å². The van der Waals surface area contributed by atoms with E-state index in [9.17, 15) is 4.79 Å². The fourth-order valence-electron chi connectivity index (χ4n) is 2.92.